The molecule has 3 aromatic rings. The van der Waals surface area contributed by atoms with Crippen molar-refractivity contribution in [3.8, 4) is 11.6 Å². The first-order valence-corrected chi connectivity index (χ1v) is 17.6. The van der Waals surface area contributed by atoms with Crippen molar-refractivity contribution in [2.75, 3.05) is 25.8 Å². The van der Waals surface area contributed by atoms with E-state index in [0.29, 0.717) is 35.2 Å². The van der Waals surface area contributed by atoms with E-state index >= 15 is 0 Å². The number of rotatable bonds is 12. The van der Waals surface area contributed by atoms with Gasteiger partial charge in [0.25, 0.3) is 0 Å². The summed E-state index contributed by atoms with van der Waals surface area (Å²) in [6, 6.07) is 11.6. The average molecular weight is 686 g/mol. The fourth-order valence-electron chi connectivity index (χ4n) is 5.02. The van der Waals surface area contributed by atoms with Gasteiger partial charge >= 0.3 is 0 Å². The van der Waals surface area contributed by atoms with Crippen LogP contribution in [0.25, 0.3) is 0 Å². The van der Waals surface area contributed by atoms with E-state index in [1.165, 1.54) is 18.4 Å². The minimum atomic E-state index is 0.297. The monoisotopic (exact) mass is 685 g/mol. The molecule has 4 rings (SSSR count). The standard InChI is InChI=1S/C29H37N7O2S.C5H10.C5H8/c1-6-21-11-9-14-24(37-4)27(21)36(29(35-30-3)23-13-10-16-26(34-23)38-5)19-33-39-25-15-8-7-12-22(25)28-31-17-20(2)18-32-28;1-4-5(2)3;1-3-5-4-2/h9-11,13-14,16-18,22,25,33H,3,6-8,12,15,19H2,1-2,4-5H3;4H,1-3H3;3-5H,1H2,2H3/b35-29-;;5-4-. The van der Waals surface area contributed by atoms with Crippen LogP contribution in [0.1, 0.15) is 88.9 Å². The summed E-state index contributed by atoms with van der Waals surface area (Å²) < 4.78 is 14.8. The molecular formula is C39H55N7O2S. The molecule has 49 heavy (non-hydrogen) atoms. The van der Waals surface area contributed by atoms with E-state index in [4.69, 9.17) is 9.47 Å². The van der Waals surface area contributed by atoms with E-state index in [2.05, 4.69) is 81.0 Å². The Morgan fingerprint density at radius 1 is 1.06 bits per heavy atom. The maximum absolute atomic E-state index is 5.82. The smallest absolute Gasteiger partial charge is 0.213 e. The minimum absolute atomic E-state index is 0.297. The van der Waals surface area contributed by atoms with Gasteiger partial charge in [0.1, 0.15) is 17.3 Å². The Kier molecular flexibility index (Phi) is 19.3. The van der Waals surface area contributed by atoms with Gasteiger partial charge in [0.15, 0.2) is 5.84 Å². The maximum atomic E-state index is 5.82. The lowest BCUT2D eigenvalue weighted by atomic mass is 9.88. The van der Waals surface area contributed by atoms with E-state index in [-0.39, 0.29) is 0 Å². The van der Waals surface area contributed by atoms with Gasteiger partial charge in [-0.25, -0.2) is 19.7 Å². The number of pyridine rings is 1. The van der Waals surface area contributed by atoms with Gasteiger partial charge in [0.05, 0.1) is 26.6 Å². The average Bonchev–Trinajstić information content (AvgIpc) is 3.13. The van der Waals surface area contributed by atoms with Gasteiger partial charge < -0.3 is 14.4 Å². The fourth-order valence-corrected chi connectivity index (χ4v) is 6.14. The lowest BCUT2D eigenvalue weighted by Gasteiger charge is -2.32. The van der Waals surface area contributed by atoms with Crippen molar-refractivity contribution in [1.82, 2.24) is 19.7 Å². The first-order chi connectivity index (χ1) is 23.8. The topological polar surface area (TPSA) is 97.1 Å². The highest BCUT2D eigenvalue weighted by molar-refractivity contribution is 7.98. The van der Waals surface area contributed by atoms with Crippen LogP contribution in [0.2, 0.25) is 0 Å². The molecule has 2 unspecified atom stereocenters. The molecule has 2 heterocycles. The molecule has 1 saturated carbocycles. The molecule has 1 fully saturated rings. The van der Waals surface area contributed by atoms with E-state index in [0.717, 1.165) is 47.7 Å². The first-order valence-electron chi connectivity index (χ1n) is 16.8. The number of ether oxygens (including phenoxy) is 2. The van der Waals surface area contributed by atoms with Crippen molar-refractivity contribution < 1.29 is 9.47 Å². The Balaban J connectivity index is 0.000000730. The number of aryl methyl sites for hydroxylation is 2. The first kappa shape index (κ1) is 40.9. The predicted octanol–water partition coefficient (Wildman–Crippen LogP) is 9.27. The maximum Gasteiger partial charge on any atom is 0.213 e. The summed E-state index contributed by atoms with van der Waals surface area (Å²) in [7, 11) is 3.28. The highest BCUT2D eigenvalue weighted by atomic mass is 32.2. The summed E-state index contributed by atoms with van der Waals surface area (Å²) in [4.78, 5) is 16.0. The number of nitrogens with one attached hydrogen (secondary N) is 1. The van der Waals surface area contributed by atoms with Crippen LogP contribution in [0.15, 0.2) is 95.5 Å². The minimum Gasteiger partial charge on any atom is -0.495 e. The number of methoxy groups -OCH3 is 2. The van der Waals surface area contributed by atoms with Crippen LogP contribution in [-0.2, 0) is 6.42 Å². The quantitative estimate of drug-likeness (QED) is 0.0383. The molecule has 0 bridgehead atoms. The molecule has 1 aliphatic rings. The van der Waals surface area contributed by atoms with Crippen LogP contribution < -0.4 is 19.1 Å². The van der Waals surface area contributed by atoms with Crippen LogP contribution >= 0.6 is 11.9 Å². The largest absolute Gasteiger partial charge is 0.495 e. The molecule has 0 spiro atoms. The second-order valence-corrected chi connectivity index (χ2v) is 12.6. The number of allylic oxidation sites excluding steroid dienone is 5. The highest BCUT2D eigenvalue weighted by Crippen LogP contribution is 2.38. The summed E-state index contributed by atoms with van der Waals surface area (Å²) >= 11 is 1.73. The number of hydrogen-bond acceptors (Lipinski definition) is 9. The van der Waals surface area contributed by atoms with E-state index < -0.39 is 0 Å². The number of para-hydroxylation sites is 1. The summed E-state index contributed by atoms with van der Waals surface area (Å²) in [5.74, 6) is 2.99. The van der Waals surface area contributed by atoms with Crippen molar-refractivity contribution in [2.24, 2.45) is 10.2 Å². The van der Waals surface area contributed by atoms with Crippen molar-refractivity contribution in [3.63, 3.8) is 0 Å². The van der Waals surface area contributed by atoms with Gasteiger partial charge in [-0.15, -0.1) is 5.10 Å². The van der Waals surface area contributed by atoms with E-state index in [1.54, 1.807) is 38.3 Å². The Morgan fingerprint density at radius 2 is 1.76 bits per heavy atom. The van der Waals surface area contributed by atoms with Crippen LogP contribution in [0, 0.1) is 6.92 Å². The Bertz CT molecular complexity index is 1500. The normalized spacial score (nSPS) is 15.6. The molecule has 1 aliphatic carbocycles. The SMILES string of the molecule is C=C/C=C\C.C=N/N=C(/c1cccc(OC)n1)N(CNSC1CCCCC1c1ncc(C)cn1)c1c(CC)cccc1OC.CC=C(C)C. The van der Waals surface area contributed by atoms with Gasteiger partial charge in [-0.1, -0.05) is 86.4 Å². The molecule has 10 heteroatoms. The second kappa shape index (κ2) is 23.1. The van der Waals surface area contributed by atoms with Gasteiger partial charge in [-0.3, -0.25) is 0 Å². The van der Waals surface area contributed by atoms with Crippen molar-refractivity contribution in [1.29, 1.82) is 0 Å². The third-order valence-corrected chi connectivity index (χ3v) is 8.90. The molecule has 0 radical (unpaired) electrons. The van der Waals surface area contributed by atoms with Gasteiger partial charge in [0.2, 0.25) is 5.88 Å². The summed E-state index contributed by atoms with van der Waals surface area (Å²) in [6.07, 6.45) is 16.9. The van der Waals surface area contributed by atoms with Crippen LogP contribution in [0.3, 0.4) is 0 Å². The van der Waals surface area contributed by atoms with Crippen LogP contribution in [-0.4, -0.2) is 53.6 Å². The summed E-state index contributed by atoms with van der Waals surface area (Å²) in [5, 5.41) is 8.70. The zero-order chi connectivity index (χ0) is 36.0. The predicted molar refractivity (Wildman–Crippen MR) is 209 cm³/mol. The Hall–Kier alpha value is -4.28. The number of benzene rings is 1. The number of anilines is 1. The second-order valence-electron chi connectivity index (χ2n) is 11.5. The molecule has 2 aromatic heterocycles. The van der Waals surface area contributed by atoms with Crippen molar-refractivity contribution in [3.05, 3.63) is 108 Å². The number of nitrogens with zero attached hydrogens (tertiary/aromatic N) is 6. The lowest BCUT2D eigenvalue weighted by Crippen LogP contribution is -2.40. The highest BCUT2D eigenvalue weighted by Gasteiger charge is 2.30. The Labute approximate surface area is 298 Å². The zero-order valence-corrected chi connectivity index (χ0v) is 31.5. The molecule has 2 atom stereocenters. The fraction of sp³-hybridized carbons (Fsp3) is 0.410. The van der Waals surface area contributed by atoms with Gasteiger partial charge in [-0.05, 0) is 77.1 Å². The van der Waals surface area contributed by atoms with Gasteiger partial charge in [0, 0.05) is 36.3 Å². The molecule has 1 N–H and O–H groups in total. The molecule has 1 aromatic carbocycles. The molecule has 9 nitrogen and oxygen atoms in total. The van der Waals surface area contributed by atoms with E-state index in [9.17, 15) is 0 Å². The molecular weight excluding hydrogens is 631 g/mol. The molecule has 264 valence electrons. The third-order valence-electron chi connectivity index (χ3n) is 7.73. The zero-order valence-electron chi connectivity index (χ0n) is 30.6. The Morgan fingerprint density at radius 3 is 2.33 bits per heavy atom. The summed E-state index contributed by atoms with van der Waals surface area (Å²) in [6.45, 7) is 19.8. The molecule has 0 amide bonds. The van der Waals surface area contributed by atoms with Crippen molar-refractivity contribution >= 4 is 30.2 Å². The lowest BCUT2D eigenvalue weighted by molar-refractivity contribution is 0.397. The molecule has 0 saturated heterocycles. The number of aromatic nitrogens is 3. The number of hydrogen-bond donors (Lipinski definition) is 1. The van der Waals surface area contributed by atoms with Crippen LogP contribution in [0.4, 0.5) is 5.69 Å². The number of amidine groups is 1. The third kappa shape index (κ3) is 13.3. The summed E-state index contributed by atoms with van der Waals surface area (Å²) in [5.41, 5.74) is 5.09. The van der Waals surface area contributed by atoms with Crippen LogP contribution in [0.5, 0.6) is 11.6 Å². The molecule has 0 aliphatic heterocycles. The van der Waals surface area contributed by atoms with E-state index in [1.807, 2.05) is 69.6 Å². The van der Waals surface area contributed by atoms with Gasteiger partial charge in [-0.2, -0.15) is 5.10 Å². The van der Waals surface area contributed by atoms with Crippen molar-refractivity contribution in [2.45, 2.75) is 84.8 Å².